The summed E-state index contributed by atoms with van der Waals surface area (Å²) >= 11 is 0. The van der Waals surface area contributed by atoms with Crippen molar-refractivity contribution >= 4 is 0 Å². The van der Waals surface area contributed by atoms with Gasteiger partial charge in [0.1, 0.15) is 0 Å². The SMILES string of the molecule is Fc1cc(-c2[c]c3c(cc2)-c2ccccc2C3)c(F)c(F)c1F. The minimum Gasteiger partial charge on any atom is -0.204 e. The zero-order valence-electron chi connectivity index (χ0n) is 11.8. The summed E-state index contributed by atoms with van der Waals surface area (Å²) in [7, 11) is 0. The lowest BCUT2D eigenvalue weighted by atomic mass is 9.98. The second-order valence-electron chi connectivity index (χ2n) is 5.45. The highest BCUT2D eigenvalue weighted by molar-refractivity contribution is 5.79. The topological polar surface area (TPSA) is 0 Å². The molecule has 0 heterocycles. The predicted molar refractivity (Wildman–Crippen MR) is 78.8 cm³/mol. The summed E-state index contributed by atoms with van der Waals surface area (Å²) in [5.74, 6) is -6.44. The normalized spacial score (nSPS) is 12.2. The van der Waals surface area contributed by atoms with Crippen LogP contribution in [0.1, 0.15) is 11.1 Å². The van der Waals surface area contributed by atoms with Gasteiger partial charge in [-0.1, -0.05) is 36.4 Å². The van der Waals surface area contributed by atoms with Crippen LogP contribution in [0.3, 0.4) is 0 Å². The first-order valence-corrected chi connectivity index (χ1v) is 7.03. The van der Waals surface area contributed by atoms with Crippen molar-refractivity contribution in [3.63, 3.8) is 0 Å². The zero-order valence-corrected chi connectivity index (χ0v) is 11.8. The van der Waals surface area contributed by atoms with Crippen molar-refractivity contribution in [1.29, 1.82) is 0 Å². The van der Waals surface area contributed by atoms with Gasteiger partial charge >= 0.3 is 0 Å². The number of halogens is 4. The minimum absolute atomic E-state index is 0.201. The number of fused-ring (bicyclic) bond motifs is 3. The van der Waals surface area contributed by atoms with E-state index < -0.39 is 23.3 Å². The maximum atomic E-state index is 13.9. The third-order valence-corrected chi connectivity index (χ3v) is 4.09. The molecule has 4 heteroatoms. The number of hydrogen-bond acceptors (Lipinski definition) is 0. The van der Waals surface area contributed by atoms with Gasteiger partial charge in [-0.2, -0.15) is 0 Å². The van der Waals surface area contributed by atoms with E-state index in [1.165, 1.54) is 6.07 Å². The Morgan fingerprint density at radius 2 is 1.52 bits per heavy atom. The van der Waals surface area contributed by atoms with E-state index in [0.29, 0.717) is 12.5 Å². The van der Waals surface area contributed by atoms with Crippen molar-refractivity contribution in [3.8, 4) is 22.3 Å². The van der Waals surface area contributed by atoms with Crippen LogP contribution < -0.4 is 0 Å². The van der Waals surface area contributed by atoms with Gasteiger partial charge < -0.3 is 0 Å². The van der Waals surface area contributed by atoms with Crippen LogP contribution in [0.4, 0.5) is 17.6 Å². The van der Waals surface area contributed by atoms with E-state index in [0.717, 1.165) is 22.3 Å². The quantitative estimate of drug-likeness (QED) is 0.255. The molecule has 0 saturated heterocycles. The summed E-state index contributed by atoms with van der Waals surface area (Å²) in [6, 6.07) is 14.8. The molecule has 0 unspecified atom stereocenters. The van der Waals surface area contributed by atoms with E-state index in [-0.39, 0.29) is 11.1 Å². The van der Waals surface area contributed by atoms with Crippen molar-refractivity contribution in [2.45, 2.75) is 6.42 Å². The molecular weight excluding hydrogens is 304 g/mol. The highest BCUT2D eigenvalue weighted by Gasteiger charge is 2.22. The van der Waals surface area contributed by atoms with Crippen LogP contribution in [0.25, 0.3) is 22.3 Å². The van der Waals surface area contributed by atoms with Gasteiger partial charge in [-0.15, -0.1) is 0 Å². The monoisotopic (exact) mass is 313 g/mol. The van der Waals surface area contributed by atoms with Gasteiger partial charge in [-0.25, -0.2) is 17.6 Å². The summed E-state index contributed by atoms with van der Waals surface area (Å²) in [4.78, 5) is 0. The summed E-state index contributed by atoms with van der Waals surface area (Å²) < 4.78 is 53.8. The van der Waals surface area contributed by atoms with Crippen LogP contribution in [0.2, 0.25) is 0 Å². The maximum absolute atomic E-state index is 13.9. The van der Waals surface area contributed by atoms with Crippen molar-refractivity contribution in [2.24, 2.45) is 0 Å². The second kappa shape index (κ2) is 4.95. The second-order valence-corrected chi connectivity index (χ2v) is 5.45. The summed E-state index contributed by atoms with van der Waals surface area (Å²) in [5, 5.41) is 0. The van der Waals surface area contributed by atoms with Gasteiger partial charge in [0.25, 0.3) is 0 Å². The van der Waals surface area contributed by atoms with Gasteiger partial charge in [-0.05, 0) is 46.4 Å². The largest absolute Gasteiger partial charge is 0.204 e. The lowest BCUT2D eigenvalue weighted by Gasteiger charge is -2.08. The molecule has 113 valence electrons. The Morgan fingerprint density at radius 1 is 0.739 bits per heavy atom. The van der Waals surface area contributed by atoms with Crippen LogP contribution in [0, 0.1) is 29.3 Å². The van der Waals surface area contributed by atoms with Crippen molar-refractivity contribution in [3.05, 3.63) is 82.9 Å². The molecule has 3 aromatic rings. The molecule has 0 aromatic heterocycles. The first kappa shape index (κ1) is 14.0. The van der Waals surface area contributed by atoms with Crippen molar-refractivity contribution in [2.75, 3.05) is 0 Å². The molecule has 23 heavy (non-hydrogen) atoms. The van der Waals surface area contributed by atoms with Crippen LogP contribution in [0.5, 0.6) is 0 Å². The van der Waals surface area contributed by atoms with Crippen LogP contribution in [0.15, 0.2) is 42.5 Å². The maximum Gasteiger partial charge on any atom is 0.198 e. The van der Waals surface area contributed by atoms with Crippen LogP contribution >= 0.6 is 0 Å². The molecule has 4 rings (SSSR count). The number of hydrogen-bond donors (Lipinski definition) is 0. The number of rotatable bonds is 1. The molecular formula is C19H9F4. The van der Waals surface area contributed by atoms with Gasteiger partial charge in [0, 0.05) is 5.56 Å². The molecule has 0 aliphatic heterocycles. The molecule has 1 aliphatic rings. The number of benzene rings is 3. The fourth-order valence-electron chi connectivity index (χ4n) is 2.98. The first-order chi connectivity index (χ1) is 11.1. The average Bonchev–Trinajstić information content (AvgIpc) is 2.94. The third kappa shape index (κ3) is 2.05. The standard InChI is InChI=1S/C19H9F4/c20-16-9-15(17(21)19(23)18(16)22)11-5-6-14-12(8-11)7-10-3-1-2-4-13(10)14/h1-6,9H,7H2. The van der Waals surface area contributed by atoms with Gasteiger partial charge in [0.2, 0.25) is 0 Å². The van der Waals surface area contributed by atoms with E-state index in [1.54, 1.807) is 6.07 Å². The average molecular weight is 313 g/mol. The summed E-state index contributed by atoms with van der Waals surface area (Å²) in [6.07, 6.45) is 0.618. The Morgan fingerprint density at radius 3 is 2.35 bits per heavy atom. The first-order valence-electron chi connectivity index (χ1n) is 7.03. The highest BCUT2D eigenvalue weighted by Crippen LogP contribution is 2.38. The predicted octanol–water partition coefficient (Wildman–Crippen LogP) is 5.28. The van der Waals surface area contributed by atoms with Crippen molar-refractivity contribution in [1.82, 2.24) is 0 Å². The molecule has 3 aromatic carbocycles. The molecule has 0 amide bonds. The molecule has 0 fully saturated rings. The fraction of sp³-hybridized carbons (Fsp3) is 0.0526. The van der Waals surface area contributed by atoms with E-state index in [4.69, 9.17) is 0 Å². The fourth-order valence-corrected chi connectivity index (χ4v) is 2.98. The Labute approximate surface area is 130 Å². The molecule has 0 nitrogen and oxygen atoms in total. The van der Waals surface area contributed by atoms with E-state index in [9.17, 15) is 17.6 Å². The zero-order chi connectivity index (χ0) is 16.1. The van der Waals surface area contributed by atoms with E-state index >= 15 is 0 Å². The van der Waals surface area contributed by atoms with Crippen LogP contribution in [-0.4, -0.2) is 0 Å². The van der Waals surface area contributed by atoms with Gasteiger partial charge in [0.05, 0.1) is 0 Å². The van der Waals surface area contributed by atoms with E-state index in [1.807, 2.05) is 24.3 Å². The van der Waals surface area contributed by atoms with Gasteiger partial charge in [-0.3, -0.25) is 0 Å². The van der Waals surface area contributed by atoms with Gasteiger partial charge in [0.15, 0.2) is 23.3 Å². The molecule has 0 saturated carbocycles. The molecule has 0 N–H and O–H groups in total. The highest BCUT2D eigenvalue weighted by atomic mass is 19.2. The van der Waals surface area contributed by atoms with E-state index in [2.05, 4.69) is 6.07 Å². The Bertz CT molecular complexity index is 944. The summed E-state index contributed by atoms with van der Waals surface area (Å²) in [6.45, 7) is 0. The lowest BCUT2D eigenvalue weighted by molar-refractivity contribution is 0.411. The summed E-state index contributed by atoms with van der Waals surface area (Å²) in [5.41, 5.74) is 3.85. The Balaban J connectivity index is 1.87. The molecule has 0 spiro atoms. The van der Waals surface area contributed by atoms with Crippen LogP contribution in [-0.2, 0) is 6.42 Å². The molecule has 0 atom stereocenters. The Hall–Kier alpha value is -2.62. The van der Waals surface area contributed by atoms with Crippen molar-refractivity contribution < 1.29 is 17.6 Å². The minimum atomic E-state index is -1.81. The third-order valence-electron chi connectivity index (χ3n) is 4.09. The molecule has 1 radical (unpaired) electrons. The lowest BCUT2D eigenvalue weighted by Crippen LogP contribution is -1.99. The Kier molecular flexibility index (Phi) is 3.01. The molecule has 0 bridgehead atoms. The molecule has 1 aliphatic carbocycles. The smallest absolute Gasteiger partial charge is 0.198 e.